The number of carboxylic acid groups (broad SMARTS) is 1. The maximum Gasteiger partial charge on any atom is 0.336 e. The number of pyridine rings is 1. The third-order valence-corrected chi connectivity index (χ3v) is 4.30. The van der Waals surface area contributed by atoms with Crippen molar-refractivity contribution in [3.63, 3.8) is 0 Å². The van der Waals surface area contributed by atoms with Gasteiger partial charge >= 0.3 is 5.97 Å². The molecule has 4 rings (SSSR count). The smallest absolute Gasteiger partial charge is 0.336 e. The van der Waals surface area contributed by atoms with Crippen molar-refractivity contribution in [3.05, 3.63) is 59.1 Å². The lowest BCUT2D eigenvalue weighted by atomic mass is 10.1. The van der Waals surface area contributed by atoms with E-state index in [0.29, 0.717) is 38.7 Å². The minimum Gasteiger partial charge on any atom is -0.497 e. The fourth-order valence-corrected chi connectivity index (χ4v) is 3.01. The number of furan rings is 1. The first kappa shape index (κ1) is 15.5. The fourth-order valence-electron chi connectivity index (χ4n) is 2.79. The third kappa shape index (κ3) is 2.58. The van der Waals surface area contributed by atoms with Gasteiger partial charge in [0.25, 0.3) is 0 Å². The molecule has 6 heteroatoms. The topological polar surface area (TPSA) is 72.6 Å². The lowest BCUT2D eigenvalue weighted by molar-refractivity contribution is 0.0699. The lowest BCUT2D eigenvalue weighted by Crippen LogP contribution is -2.00. The number of methoxy groups -OCH3 is 1. The summed E-state index contributed by atoms with van der Waals surface area (Å²) in [5.41, 5.74) is 1.62. The predicted octanol–water partition coefficient (Wildman–Crippen LogP) is 5.01. The molecule has 124 valence electrons. The molecule has 2 aromatic heterocycles. The highest BCUT2D eigenvalue weighted by Crippen LogP contribution is 2.33. The number of benzene rings is 2. The number of nitrogens with zero attached hydrogens (tertiary/aromatic N) is 1. The maximum atomic E-state index is 11.6. The van der Waals surface area contributed by atoms with E-state index in [2.05, 4.69) is 4.98 Å². The van der Waals surface area contributed by atoms with Crippen LogP contribution in [-0.4, -0.2) is 23.2 Å². The molecule has 0 atom stereocenters. The molecule has 0 unspecified atom stereocenters. The van der Waals surface area contributed by atoms with Gasteiger partial charge in [-0.1, -0.05) is 23.7 Å². The quantitative estimate of drug-likeness (QED) is 0.560. The van der Waals surface area contributed by atoms with Crippen LogP contribution < -0.4 is 4.74 Å². The Balaban J connectivity index is 1.97. The molecule has 0 fully saturated rings. The number of ether oxygens (including phenoxy) is 1. The van der Waals surface area contributed by atoms with Crippen LogP contribution in [-0.2, 0) is 0 Å². The van der Waals surface area contributed by atoms with E-state index in [9.17, 15) is 9.90 Å². The van der Waals surface area contributed by atoms with Gasteiger partial charge in [0.15, 0.2) is 5.76 Å². The van der Waals surface area contributed by atoms with Gasteiger partial charge in [-0.15, -0.1) is 0 Å². The largest absolute Gasteiger partial charge is 0.497 e. The number of hydrogen-bond donors (Lipinski definition) is 1. The molecule has 0 amide bonds. The van der Waals surface area contributed by atoms with Crippen molar-refractivity contribution < 1.29 is 19.1 Å². The normalized spacial score (nSPS) is 11.1. The number of hydrogen-bond acceptors (Lipinski definition) is 4. The summed E-state index contributed by atoms with van der Waals surface area (Å²) in [5, 5.41) is 11.3. The predicted molar refractivity (Wildman–Crippen MR) is 95.5 cm³/mol. The van der Waals surface area contributed by atoms with E-state index >= 15 is 0 Å². The van der Waals surface area contributed by atoms with Crippen molar-refractivity contribution >= 4 is 39.4 Å². The SMILES string of the molecule is COc1ccc2oc(-c3cc(C(=O)O)c4cccc(Cl)c4n3)cc2c1. The highest BCUT2D eigenvalue weighted by Gasteiger charge is 2.17. The molecule has 25 heavy (non-hydrogen) atoms. The van der Waals surface area contributed by atoms with Crippen LogP contribution in [0.15, 0.2) is 52.9 Å². The van der Waals surface area contributed by atoms with E-state index in [4.69, 9.17) is 20.8 Å². The molecular formula is C19H12ClNO4. The molecule has 0 aliphatic rings. The van der Waals surface area contributed by atoms with Crippen LogP contribution in [0.2, 0.25) is 5.02 Å². The Bertz CT molecular complexity index is 1130. The average Bonchev–Trinajstić information content (AvgIpc) is 3.04. The molecule has 0 spiro atoms. The van der Waals surface area contributed by atoms with Crippen LogP contribution in [0.25, 0.3) is 33.3 Å². The number of aromatic carboxylic acids is 1. The second-order valence-electron chi connectivity index (χ2n) is 5.51. The summed E-state index contributed by atoms with van der Waals surface area (Å²) < 4.78 is 11.0. The van der Waals surface area contributed by atoms with Gasteiger partial charge in [-0.25, -0.2) is 9.78 Å². The van der Waals surface area contributed by atoms with Crippen molar-refractivity contribution in [1.82, 2.24) is 4.98 Å². The van der Waals surface area contributed by atoms with E-state index in [1.807, 2.05) is 6.07 Å². The van der Waals surface area contributed by atoms with Gasteiger partial charge in [0.2, 0.25) is 0 Å². The Kier molecular flexibility index (Phi) is 3.58. The van der Waals surface area contributed by atoms with Crippen molar-refractivity contribution in [3.8, 4) is 17.2 Å². The Hall–Kier alpha value is -3.05. The van der Waals surface area contributed by atoms with Crippen molar-refractivity contribution in [1.29, 1.82) is 0 Å². The molecule has 0 saturated heterocycles. The molecule has 2 heterocycles. The summed E-state index contributed by atoms with van der Waals surface area (Å²) in [5.74, 6) is 0.127. The lowest BCUT2D eigenvalue weighted by Gasteiger charge is -2.06. The summed E-state index contributed by atoms with van der Waals surface area (Å²) in [6.45, 7) is 0. The standard InChI is InChI=1S/C19H12ClNO4/c1-24-11-5-6-16-10(7-11)8-17(25-16)15-9-13(19(22)23)12-3-2-4-14(20)18(12)21-15/h2-9H,1H3,(H,22,23). The summed E-state index contributed by atoms with van der Waals surface area (Å²) in [7, 11) is 1.59. The van der Waals surface area contributed by atoms with Gasteiger partial charge < -0.3 is 14.3 Å². The molecule has 1 N–H and O–H groups in total. The second-order valence-corrected chi connectivity index (χ2v) is 5.92. The first-order chi connectivity index (χ1) is 12.1. The molecule has 4 aromatic rings. The van der Waals surface area contributed by atoms with Crippen molar-refractivity contribution in [2.24, 2.45) is 0 Å². The monoisotopic (exact) mass is 353 g/mol. The Morgan fingerprint density at radius 1 is 1.20 bits per heavy atom. The third-order valence-electron chi connectivity index (χ3n) is 4.00. The number of fused-ring (bicyclic) bond motifs is 2. The fraction of sp³-hybridized carbons (Fsp3) is 0.0526. The summed E-state index contributed by atoms with van der Waals surface area (Å²) in [4.78, 5) is 16.2. The van der Waals surface area contributed by atoms with Gasteiger partial charge in [-0.2, -0.15) is 0 Å². The average molecular weight is 354 g/mol. The van der Waals surface area contributed by atoms with Crippen LogP contribution in [0.5, 0.6) is 5.75 Å². The number of para-hydroxylation sites is 1. The molecule has 5 nitrogen and oxygen atoms in total. The Labute approximate surface area is 147 Å². The van der Waals surface area contributed by atoms with Gasteiger partial charge in [-0.3, -0.25) is 0 Å². The van der Waals surface area contributed by atoms with Crippen LogP contribution >= 0.6 is 11.6 Å². The Morgan fingerprint density at radius 2 is 2.04 bits per heavy atom. The van der Waals surface area contributed by atoms with Crippen molar-refractivity contribution in [2.45, 2.75) is 0 Å². The first-order valence-electron chi connectivity index (χ1n) is 7.47. The summed E-state index contributed by atoms with van der Waals surface area (Å²) in [6.07, 6.45) is 0. The van der Waals surface area contributed by atoms with Crippen molar-refractivity contribution in [2.75, 3.05) is 7.11 Å². The number of carboxylic acids is 1. The highest BCUT2D eigenvalue weighted by atomic mass is 35.5. The zero-order valence-corrected chi connectivity index (χ0v) is 13.9. The van der Waals surface area contributed by atoms with E-state index in [-0.39, 0.29) is 5.56 Å². The highest BCUT2D eigenvalue weighted by molar-refractivity contribution is 6.35. The van der Waals surface area contributed by atoms with Crippen LogP contribution in [0.4, 0.5) is 0 Å². The maximum absolute atomic E-state index is 11.6. The number of aromatic nitrogens is 1. The molecule has 0 saturated carbocycles. The first-order valence-corrected chi connectivity index (χ1v) is 7.85. The summed E-state index contributed by atoms with van der Waals surface area (Å²) >= 11 is 6.21. The molecule has 0 bridgehead atoms. The number of halogens is 1. The molecule has 2 aromatic carbocycles. The Morgan fingerprint density at radius 3 is 2.80 bits per heavy atom. The van der Waals surface area contributed by atoms with E-state index in [1.165, 1.54) is 6.07 Å². The molecule has 0 aliphatic carbocycles. The van der Waals surface area contributed by atoms with Gasteiger partial charge in [0.05, 0.1) is 23.2 Å². The van der Waals surface area contributed by atoms with Crippen LogP contribution in [0.1, 0.15) is 10.4 Å². The zero-order chi connectivity index (χ0) is 17.6. The van der Waals surface area contributed by atoms with Crippen LogP contribution in [0.3, 0.4) is 0 Å². The van der Waals surface area contributed by atoms with E-state index in [1.54, 1.807) is 43.5 Å². The molecule has 0 radical (unpaired) electrons. The second kappa shape index (κ2) is 5.79. The molecular weight excluding hydrogens is 342 g/mol. The number of rotatable bonds is 3. The zero-order valence-electron chi connectivity index (χ0n) is 13.1. The minimum atomic E-state index is -1.05. The number of carbonyl (C=O) groups is 1. The van der Waals surface area contributed by atoms with E-state index in [0.717, 1.165) is 5.39 Å². The molecule has 0 aliphatic heterocycles. The van der Waals surface area contributed by atoms with E-state index < -0.39 is 5.97 Å². The van der Waals surface area contributed by atoms with Crippen LogP contribution in [0, 0.1) is 0 Å². The minimum absolute atomic E-state index is 0.125. The van der Waals surface area contributed by atoms with Gasteiger partial charge in [-0.05, 0) is 36.4 Å². The van der Waals surface area contributed by atoms with Gasteiger partial charge in [0, 0.05) is 10.8 Å². The summed E-state index contributed by atoms with van der Waals surface area (Å²) in [6, 6.07) is 13.8. The van der Waals surface area contributed by atoms with Gasteiger partial charge in [0.1, 0.15) is 17.0 Å².